The number of benzene rings is 2. The number of carbonyl (C=O) groups excluding carboxylic acids is 3. The highest BCUT2D eigenvalue weighted by Gasteiger charge is 2.57. The number of aromatic nitrogens is 1. The molecule has 0 radical (unpaired) electrons. The first-order valence-corrected chi connectivity index (χ1v) is 11.5. The van der Waals surface area contributed by atoms with E-state index in [1.807, 2.05) is 0 Å². The molecule has 4 rings (SSSR count). The number of anilines is 3. The summed E-state index contributed by atoms with van der Waals surface area (Å²) in [5.41, 5.74) is 3.38. The molecule has 1 aromatic heterocycles. The van der Waals surface area contributed by atoms with E-state index in [4.69, 9.17) is 10.5 Å². The van der Waals surface area contributed by atoms with Crippen molar-refractivity contribution in [1.82, 2.24) is 9.88 Å². The van der Waals surface area contributed by atoms with E-state index >= 15 is 8.78 Å². The summed E-state index contributed by atoms with van der Waals surface area (Å²) in [4.78, 5) is 43.8. The highest BCUT2D eigenvalue weighted by molar-refractivity contribution is 6.16. The van der Waals surface area contributed by atoms with E-state index in [1.165, 1.54) is 30.5 Å². The molecule has 3 amide bonds. The van der Waals surface area contributed by atoms with Crippen molar-refractivity contribution in [1.29, 1.82) is 0 Å². The van der Waals surface area contributed by atoms with Crippen molar-refractivity contribution in [3.63, 3.8) is 0 Å². The Kier molecular flexibility index (Phi) is 7.35. The predicted octanol–water partition coefficient (Wildman–Crippen LogP) is 3.72. The molecule has 38 heavy (non-hydrogen) atoms. The molecule has 1 saturated carbocycles. The first kappa shape index (κ1) is 26.6. The minimum atomic E-state index is -1.56. The highest BCUT2D eigenvalue weighted by atomic mass is 19.1. The predicted molar refractivity (Wildman–Crippen MR) is 132 cm³/mol. The second-order valence-corrected chi connectivity index (χ2v) is 9.06. The van der Waals surface area contributed by atoms with Crippen LogP contribution >= 0.6 is 0 Å². The van der Waals surface area contributed by atoms with Gasteiger partial charge in [-0.1, -0.05) is 0 Å². The van der Waals surface area contributed by atoms with Gasteiger partial charge in [0.05, 0.1) is 12.2 Å². The number of likely N-dealkylation sites (N-methyl/N-ethyl adjacent to an activating group) is 1. The Morgan fingerprint density at radius 3 is 2.32 bits per heavy atom. The SMILES string of the molecule is CN(C)CC(=O)Nc1cc(Oc2cc(F)c(N(C(=O)C3(C(N)=O)CC3)c3ccc(F)cc3)cc2F)ccn1. The van der Waals surface area contributed by atoms with E-state index in [2.05, 4.69) is 10.3 Å². The number of hydrogen-bond donors (Lipinski definition) is 2. The molecule has 1 aliphatic rings. The summed E-state index contributed by atoms with van der Waals surface area (Å²) in [5, 5.41) is 2.57. The van der Waals surface area contributed by atoms with Crippen LogP contribution in [0.15, 0.2) is 54.7 Å². The lowest BCUT2D eigenvalue weighted by Gasteiger charge is -2.27. The largest absolute Gasteiger partial charge is 0.454 e. The van der Waals surface area contributed by atoms with Gasteiger partial charge in [0.25, 0.3) is 0 Å². The fourth-order valence-corrected chi connectivity index (χ4v) is 3.77. The number of nitrogens with one attached hydrogen (secondary N) is 1. The number of nitrogens with two attached hydrogens (primary N) is 1. The van der Waals surface area contributed by atoms with Crippen LogP contribution in [0.4, 0.5) is 30.4 Å². The number of hydrogen-bond acceptors (Lipinski definition) is 6. The molecule has 3 aromatic rings. The topological polar surface area (TPSA) is 118 Å². The third-order valence-corrected chi connectivity index (χ3v) is 5.85. The summed E-state index contributed by atoms with van der Waals surface area (Å²) in [6.45, 7) is 0.106. The average Bonchev–Trinajstić information content (AvgIpc) is 3.65. The first-order valence-electron chi connectivity index (χ1n) is 11.5. The van der Waals surface area contributed by atoms with Crippen molar-refractivity contribution in [3.05, 3.63) is 72.2 Å². The Bertz CT molecular complexity index is 1390. The van der Waals surface area contributed by atoms with Gasteiger partial charge in [-0.3, -0.25) is 19.3 Å². The highest BCUT2D eigenvalue weighted by Crippen LogP contribution is 2.49. The third kappa shape index (κ3) is 5.59. The molecule has 0 atom stereocenters. The maximum absolute atomic E-state index is 15.4. The van der Waals surface area contributed by atoms with Crippen molar-refractivity contribution in [2.45, 2.75) is 12.8 Å². The number of primary amides is 1. The molecule has 1 fully saturated rings. The average molecular weight is 528 g/mol. The number of amides is 3. The zero-order valence-electron chi connectivity index (χ0n) is 20.5. The van der Waals surface area contributed by atoms with Gasteiger partial charge in [0, 0.05) is 30.1 Å². The molecular formula is C26H24F3N5O4. The van der Waals surface area contributed by atoms with Crippen LogP contribution in [0, 0.1) is 22.9 Å². The number of halogens is 3. The zero-order valence-corrected chi connectivity index (χ0v) is 20.5. The lowest BCUT2D eigenvalue weighted by Crippen LogP contribution is -2.41. The maximum atomic E-state index is 15.4. The maximum Gasteiger partial charge on any atom is 0.247 e. The molecule has 2 aromatic carbocycles. The number of ether oxygens (including phenoxy) is 1. The second-order valence-electron chi connectivity index (χ2n) is 9.06. The zero-order chi connectivity index (χ0) is 27.6. The molecule has 198 valence electrons. The number of nitrogens with zero attached hydrogens (tertiary/aromatic N) is 3. The molecule has 0 spiro atoms. The quantitative estimate of drug-likeness (QED) is 0.410. The van der Waals surface area contributed by atoms with E-state index in [9.17, 15) is 18.8 Å². The lowest BCUT2D eigenvalue weighted by molar-refractivity contribution is -0.133. The summed E-state index contributed by atoms with van der Waals surface area (Å²) in [6.07, 6.45) is 1.62. The van der Waals surface area contributed by atoms with Gasteiger partial charge in [0.1, 0.15) is 22.8 Å². The fraction of sp³-hybridized carbons (Fsp3) is 0.231. The summed E-state index contributed by atoms with van der Waals surface area (Å²) in [7, 11) is 3.44. The smallest absolute Gasteiger partial charge is 0.247 e. The van der Waals surface area contributed by atoms with Gasteiger partial charge in [-0.25, -0.2) is 18.2 Å². The van der Waals surface area contributed by atoms with E-state index in [0.717, 1.165) is 29.2 Å². The Hall–Kier alpha value is -4.45. The minimum Gasteiger partial charge on any atom is -0.454 e. The van der Waals surface area contributed by atoms with Crippen molar-refractivity contribution < 1.29 is 32.3 Å². The molecule has 1 aliphatic carbocycles. The van der Waals surface area contributed by atoms with E-state index in [1.54, 1.807) is 19.0 Å². The van der Waals surface area contributed by atoms with Gasteiger partial charge in [0.15, 0.2) is 17.4 Å². The van der Waals surface area contributed by atoms with Crippen LogP contribution in [0.25, 0.3) is 0 Å². The summed E-state index contributed by atoms with van der Waals surface area (Å²) in [5.74, 6) is -5.07. The van der Waals surface area contributed by atoms with Crippen LogP contribution in [0.2, 0.25) is 0 Å². The third-order valence-electron chi connectivity index (χ3n) is 5.85. The van der Waals surface area contributed by atoms with Crippen molar-refractivity contribution in [3.8, 4) is 11.5 Å². The molecule has 0 bridgehead atoms. The first-order chi connectivity index (χ1) is 18.0. The lowest BCUT2D eigenvalue weighted by atomic mass is 10.0. The van der Waals surface area contributed by atoms with Gasteiger partial charge in [0.2, 0.25) is 17.7 Å². The molecule has 9 nitrogen and oxygen atoms in total. The summed E-state index contributed by atoms with van der Waals surface area (Å²) in [6, 6.07) is 8.69. The molecule has 1 heterocycles. The molecule has 0 aliphatic heterocycles. The monoisotopic (exact) mass is 527 g/mol. The summed E-state index contributed by atoms with van der Waals surface area (Å²) < 4.78 is 49.6. The van der Waals surface area contributed by atoms with Crippen molar-refractivity contribution in [2.75, 3.05) is 30.9 Å². The Morgan fingerprint density at radius 1 is 1.03 bits per heavy atom. The molecule has 3 N–H and O–H groups in total. The van der Waals surface area contributed by atoms with E-state index in [0.29, 0.717) is 0 Å². The Labute approximate surface area is 216 Å². The van der Waals surface area contributed by atoms with Gasteiger partial charge in [-0.15, -0.1) is 0 Å². The van der Waals surface area contributed by atoms with Crippen LogP contribution in [-0.4, -0.2) is 48.2 Å². The molecule has 0 saturated heterocycles. The van der Waals surface area contributed by atoms with E-state index in [-0.39, 0.29) is 42.5 Å². The number of carbonyl (C=O) groups is 3. The molecular weight excluding hydrogens is 503 g/mol. The number of pyridine rings is 1. The van der Waals surface area contributed by atoms with Gasteiger partial charge in [-0.05, 0) is 57.3 Å². The van der Waals surface area contributed by atoms with Crippen molar-refractivity contribution >= 4 is 34.9 Å². The fourth-order valence-electron chi connectivity index (χ4n) is 3.77. The van der Waals surface area contributed by atoms with Crippen LogP contribution in [0.3, 0.4) is 0 Å². The molecule has 0 unspecified atom stereocenters. The van der Waals surface area contributed by atoms with Crippen molar-refractivity contribution in [2.24, 2.45) is 11.1 Å². The normalized spacial score (nSPS) is 13.6. The van der Waals surface area contributed by atoms with Crippen LogP contribution < -0.4 is 20.7 Å². The Morgan fingerprint density at radius 2 is 1.71 bits per heavy atom. The standard InChI is InChI=1S/C26H24F3N5O4/c1-33(2)14-23(35)32-22-11-17(7-10-31-22)38-21-13-18(28)20(12-19(21)29)34(16-5-3-15(27)4-6-16)25(37)26(8-9-26)24(30)36/h3-7,10-13H,8-9,14H2,1-2H3,(H2,30,36)(H,31,32,35). The van der Waals surface area contributed by atoms with Gasteiger partial charge in [-0.2, -0.15) is 0 Å². The Balaban J connectivity index is 1.65. The molecule has 12 heteroatoms. The van der Waals surface area contributed by atoms with Crippen LogP contribution in [-0.2, 0) is 14.4 Å². The van der Waals surface area contributed by atoms with Crippen LogP contribution in [0.1, 0.15) is 12.8 Å². The second kappa shape index (κ2) is 10.5. The van der Waals surface area contributed by atoms with Gasteiger partial charge < -0.3 is 20.7 Å². The van der Waals surface area contributed by atoms with E-state index < -0.39 is 46.1 Å². The number of rotatable bonds is 9. The minimum absolute atomic E-state index is 0.0168. The van der Waals surface area contributed by atoms with Gasteiger partial charge >= 0.3 is 0 Å². The summed E-state index contributed by atoms with van der Waals surface area (Å²) >= 11 is 0. The van der Waals surface area contributed by atoms with Crippen LogP contribution in [0.5, 0.6) is 11.5 Å².